The number of amidine groups is 1. The van der Waals surface area contributed by atoms with Gasteiger partial charge in [0, 0.05) is 33.7 Å². The highest BCUT2D eigenvalue weighted by Crippen LogP contribution is 2.03. The second-order valence-electron chi connectivity index (χ2n) is 3.54. The van der Waals surface area contributed by atoms with Crippen molar-refractivity contribution in [2.24, 2.45) is 10.9 Å². The molecule has 0 aromatic rings. The van der Waals surface area contributed by atoms with Gasteiger partial charge in [0.15, 0.2) is 0 Å². The van der Waals surface area contributed by atoms with E-state index in [1.807, 2.05) is 0 Å². The van der Waals surface area contributed by atoms with Crippen LogP contribution >= 0.6 is 0 Å². The molecule has 0 saturated heterocycles. The van der Waals surface area contributed by atoms with E-state index in [-0.39, 0.29) is 44.3 Å². The van der Waals surface area contributed by atoms with Crippen LogP contribution in [0.2, 0.25) is 0 Å². The fraction of sp³-hybridized carbons (Fsp3) is 0.889. The van der Waals surface area contributed by atoms with Crippen LogP contribution in [0.15, 0.2) is 5.16 Å². The van der Waals surface area contributed by atoms with Crippen molar-refractivity contribution in [3.63, 3.8) is 0 Å². The van der Waals surface area contributed by atoms with Crippen molar-refractivity contribution in [2.75, 3.05) is 46.3 Å². The van der Waals surface area contributed by atoms with Crippen molar-refractivity contribution in [3.05, 3.63) is 0 Å². The zero-order chi connectivity index (χ0) is 14.0. The van der Waals surface area contributed by atoms with Gasteiger partial charge in [0.2, 0.25) is 10.0 Å². The average molecular weight is 283 g/mol. The molecule has 8 nitrogen and oxygen atoms in total. The number of nitrogens with two attached hydrogens (primary N) is 1. The van der Waals surface area contributed by atoms with Crippen molar-refractivity contribution >= 4 is 15.9 Å². The Hall–Kier alpha value is -0.900. The fourth-order valence-electron chi connectivity index (χ4n) is 1.19. The molecule has 0 aliphatic heterocycles. The van der Waals surface area contributed by atoms with Gasteiger partial charge in [-0.25, -0.2) is 8.42 Å². The first-order valence-electron chi connectivity index (χ1n) is 5.40. The molecular weight excluding hydrogens is 262 g/mol. The predicted octanol–water partition coefficient (Wildman–Crippen LogP) is -0.952. The number of hydrogen-bond donors (Lipinski definition) is 2. The Balaban J connectivity index is 4.55. The minimum atomic E-state index is -3.42. The van der Waals surface area contributed by atoms with E-state index in [1.165, 1.54) is 18.5 Å². The van der Waals surface area contributed by atoms with Crippen LogP contribution in [0.1, 0.15) is 6.42 Å². The molecule has 0 unspecified atom stereocenters. The number of methoxy groups -OCH3 is 2. The lowest BCUT2D eigenvalue weighted by atomic mass is 10.4. The molecule has 18 heavy (non-hydrogen) atoms. The first kappa shape index (κ1) is 17.1. The molecule has 0 spiro atoms. The summed E-state index contributed by atoms with van der Waals surface area (Å²) < 4.78 is 34.7. The zero-order valence-corrected chi connectivity index (χ0v) is 11.5. The number of rotatable bonds is 10. The molecule has 0 saturated carbocycles. The predicted molar refractivity (Wildman–Crippen MR) is 67.1 cm³/mol. The lowest BCUT2D eigenvalue weighted by Crippen LogP contribution is -2.38. The second kappa shape index (κ2) is 9.09. The van der Waals surface area contributed by atoms with Crippen LogP contribution < -0.4 is 5.73 Å². The van der Waals surface area contributed by atoms with Crippen LogP contribution in [0.4, 0.5) is 0 Å². The summed E-state index contributed by atoms with van der Waals surface area (Å²) in [4.78, 5) is 0. The second-order valence-corrected chi connectivity index (χ2v) is 5.63. The minimum Gasteiger partial charge on any atom is -0.409 e. The molecule has 0 heterocycles. The maximum Gasteiger partial charge on any atom is 0.216 e. The van der Waals surface area contributed by atoms with E-state index < -0.39 is 10.0 Å². The number of sulfonamides is 1. The zero-order valence-electron chi connectivity index (χ0n) is 10.7. The van der Waals surface area contributed by atoms with Gasteiger partial charge in [-0.15, -0.1) is 0 Å². The highest BCUT2D eigenvalue weighted by atomic mass is 32.2. The molecule has 0 atom stereocenters. The first-order valence-corrected chi connectivity index (χ1v) is 7.01. The van der Waals surface area contributed by atoms with Crippen molar-refractivity contribution < 1.29 is 23.1 Å². The Kier molecular flexibility index (Phi) is 8.63. The SMILES string of the molecule is COCCN(CCC(N)=NO)S(=O)(=O)CCOC. The third-order valence-corrected chi connectivity index (χ3v) is 4.06. The molecule has 0 aliphatic carbocycles. The van der Waals surface area contributed by atoms with E-state index >= 15 is 0 Å². The molecule has 3 N–H and O–H groups in total. The molecule has 0 radical (unpaired) electrons. The van der Waals surface area contributed by atoms with Crippen molar-refractivity contribution in [2.45, 2.75) is 6.42 Å². The summed E-state index contributed by atoms with van der Waals surface area (Å²) in [5, 5.41) is 11.2. The molecule has 0 aliphatic rings. The lowest BCUT2D eigenvalue weighted by molar-refractivity contribution is 0.178. The van der Waals surface area contributed by atoms with Crippen LogP contribution in [0.25, 0.3) is 0 Å². The molecule has 0 aromatic heterocycles. The summed E-state index contributed by atoms with van der Waals surface area (Å²) in [5.41, 5.74) is 5.32. The van der Waals surface area contributed by atoms with Crippen LogP contribution in [0.3, 0.4) is 0 Å². The Bertz CT molecular complexity index is 344. The van der Waals surface area contributed by atoms with Crippen molar-refractivity contribution in [3.8, 4) is 0 Å². The van der Waals surface area contributed by atoms with E-state index in [1.54, 1.807) is 0 Å². The highest BCUT2D eigenvalue weighted by Gasteiger charge is 2.21. The van der Waals surface area contributed by atoms with Gasteiger partial charge < -0.3 is 20.4 Å². The third-order valence-electron chi connectivity index (χ3n) is 2.23. The quantitative estimate of drug-likeness (QED) is 0.231. The summed E-state index contributed by atoms with van der Waals surface area (Å²) in [7, 11) is -0.499. The highest BCUT2D eigenvalue weighted by molar-refractivity contribution is 7.89. The molecule has 0 aromatic carbocycles. The Morgan fingerprint density at radius 2 is 1.89 bits per heavy atom. The number of nitrogens with zero attached hydrogens (tertiary/aromatic N) is 2. The summed E-state index contributed by atoms with van der Waals surface area (Å²) in [6.07, 6.45) is 0.159. The van der Waals surface area contributed by atoms with Gasteiger partial charge in [-0.3, -0.25) is 0 Å². The molecule has 0 amide bonds. The first-order chi connectivity index (χ1) is 8.47. The average Bonchev–Trinajstić information content (AvgIpc) is 2.35. The van der Waals surface area contributed by atoms with E-state index in [0.717, 1.165) is 0 Å². The Morgan fingerprint density at radius 3 is 2.39 bits per heavy atom. The number of oxime groups is 1. The Labute approximate surface area is 107 Å². The maximum absolute atomic E-state index is 11.9. The van der Waals surface area contributed by atoms with Crippen LogP contribution in [-0.4, -0.2) is 70.0 Å². The maximum atomic E-state index is 11.9. The molecular formula is C9H21N3O5S. The smallest absolute Gasteiger partial charge is 0.216 e. The number of ether oxygens (including phenoxy) is 2. The summed E-state index contributed by atoms with van der Waals surface area (Å²) >= 11 is 0. The molecule has 0 bridgehead atoms. The minimum absolute atomic E-state index is 0.0145. The van der Waals surface area contributed by atoms with Crippen molar-refractivity contribution in [1.29, 1.82) is 0 Å². The van der Waals surface area contributed by atoms with Crippen LogP contribution in [-0.2, 0) is 19.5 Å². The molecule has 108 valence electrons. The number of hydrogen-bond acceptors (Lipinski definition) is 6. The van der Waals surface area contributed by atoms with E-state index in [4.69, 9.17) is 20.4 Å². The summed E-state index contributed by atoms with van der Waals surface area (Å²) in [6.45, 7) is 0.768. The van der Waals surface area contributed by atoms with Gasteiger partial charge in [-0.05, 0) is 0 Å². The standard InChI is InChI=1S/C9H21N3O5S/c1-16-6-5-12(4-3-9(10)11-13)18(14,15)8-7-17-2/h13H,3-8H2,1-2H3,(H2,10,11). The van der Waals surface area contributed by atoms with Gasteiger partial charge in [0.1, 0.15) is 5.84 Å². The van der Waals surface area contributed by atoms with Gasteiger partial charge in [-0.2, -0.15) is 4.31 Å². The topological polar surface area (TPSA) is 114 Å². The monoisotopic (exact) mass is 283 g/mol. The molecule has 0 fully saturated rings. The third kappa shape index (κ3) is 6.74. The van der Waals surface area contributed by atoms with Gasteiger partial charge in [0.25, 0.3) is 0 Å². The van der Waals surface area contributed by atoms with Gasteiger partial charge in [-0.1, -0.05) is 5.16 Å². The largest absolute Gasteiger partial charge is 0.409 e. The fourth-order valence-corrected chi connectivity index (χ4v) is 2.55. The van der Waals surface area contributed by atoms with Gasteiger partial charge >= 0.3 is 0 Å². The van der Waals surface area contributed by atoms with Crippen molar-refractivity contribution in [1.82, 2.24) is 4.31 Å². The lowest BCUT2D eigenvalue weighted by Gasteiger charge is -2.21. The summed E-state index contributed by atoms with van der Waals surface area (Å²) in [6, 6.07) is 0. The van der Waals surface area contributed by atoms with Crippen LogP contribution in [0.5, 0.6) is 0 Å². The van der Waals surface area contributed by atoms with Gasteiger partial charge in [0.05, 0.1) is 19.0 Å². The molecule has 0 rings (SSSR count). The Morgan fingerprint density at radius 1 is 1.28 bits per heavy atom. The van der Waals surface area contributed by atoms with Crippen LogP contribution in [0, 0.1) is 0 Å². The van der Waals surface area contributed by atoms with E-state index in [2.05, 4.69) is 5.16 Å². The van der Waals surface area contributed by atoms with E-state index in [0.29, 0.717) is 0 Å². The molecule has 9 heteroatoms. The van der Waals surface area contributed by atoms with E-state index in [9.17, 15) is 8.42 Å². The summed E-state index contributed by atoms with van der Waals surface area (Å²) in [5.74, 6) is -0.122. The normalized spacial score (nSPS) is 13.2.